The Morgan fingerprint density at radius 3 is 2.89 bits per heavy atom. The molecule has 5 heteroatoms. The fourth-order valence-corrected chi connectivity index (χ4v) is 0.403. The first kappa shape index (κ1) is 5.61. The summed E-state index contributed by atoms with van der Waals surface area (Å²) in [7, 11) is 0. The van der Waals surface area contributed by atoms with Gasteiger partial charge in [0.25, 0.3) is 5.56 Å². The van der Waals surface area contributed by atoms with Crippen molar-refractivity contribution < 1.29 is 5.11 Å². The summed E-state index contributed by atoms with van der Waals surface area (Å²) in [5.41, 5.74) is 4.59. The van der Waals surface area contributed by atoms with Crippen molar-refractivity contribution in [1.29, 1.82) is 0 Å². The lowest BCUT2D eigenvalue weighted by molar-refractivity contribution is 0.473. The zero-order valence-corrected chi connectivity index (χ0v) is 4.46. The molecule has 1 aromatic heterocycles. The number of nitrogen functional groups attached to an aromatic ring is 1. The molecule has 0 unspecified atom stereocenters. The number of nitrogens with one attached hydrogen (secondary N) is 1. The zero-order chi connectivity index (χ0) is 6.85. The standard InChI is InChI=1S/C4H5N3O2/c5-4-2(8)1-3(9)6-7-4/h1H,(H2,5,7)(H2,6,8,9). The maximum absolute atomic E-state index is 10.3. The minimum atomic E-state index is -0.471. The van der Waals surface area contributed by atoms with Crippen LogP contribution < -0.4 is 11.3 Å². The van der Waals surface area contributed by atoms with Crippen molar-refractivity contribution >= 4 is 5.82 Å². The number of hydrogen-bond acceptors (Lipinski definition) is 4. The Hall–Kier alpha value is -1.52. The van der Waals surface area contributed by atoms with Gasteiger partial charge in [0.1, 0.15) is 0 Å². The Morgan fingerprint density at radius 2 is 2.44 bits per heavy atom. The van der Waals surface area contributed by atoms with Gasteiger partial charge in [-0.2, -0.15) is 5.10 Å². The third-order valence-corrected chi connectivity index (χ3v) is 0.817. The van der Waals surface area contributed by atoms with E-state index >= 15 is 0 Å². The van der Waals surface area contributed by atoms with Crippen LogP contribution >= 0.6 is 0 Å². The van der Waals surface area contributed by atoms with Gasteiger partial charge < -0.3 is 10.8 Å². The van der Waals surface area contributed by atoms with Gasteiger partial charge in [-0.05, 0) is 0 Å². The van der Waals surface area contributed by atoms with E-state index in [1.165, 1.54) is 0 Å². The van der Waals surface area contributed by atoms with E-state index in [0.29, 0.717) is 0 Å². The summed E-state index contributed by atoms with van der Waals surface area (Å²) in [4.78, 5) is 10.3. The van der Waals surface area contributed by atoms with Crippen LogP contribution in [0.4, 0.5) is 5.82 Å². The molecule has 1 heterocycles. The SMILES string of the molecule is Nc1n[nH]c(=O)cc1O. The van der Waals surface area contributed by atoms with Crippen LogP contribution in [0, 0.1) is 0 Å². The van der Waals surface area contributed by atoms with E-state index in [1.807, 2.05) is 5.10 Å². The molecule has 9 heavy (non-hydrogen) atoms. The largest absolute Gasteiger partial charge is 0.504 e. The van der Waals surface area contributed by atoms with Crippen molar-refractivity contribution in [2.75, 3.05) is 5.73 Å². The number of anilines is 1. The Labute approximate surface area is 50.1 Å². The monoisotopic (exact) mass is 127 g/mol. The molecule has 0 atom stereocenters. The van der Waals surface area contributed by atoms with Crippen molar-refractivity contribution in [3.8, 4) is 5.75 Å². The van der Waals surface area contributed by atoms with Gasteiger partial charge >= 0.3 is 0 Å². The van der Waals surface area contributed by atoms with Crippen LogP contribution in [0.1, 0.15) is 0 Å². The summed E-state index contributed by atoms with van der Waals surface area (Å²) in [6, 6.07) is 0.961. The second-order valence-electron chi connectivity index (χ2n) is 1.50. The second kappa shape index (κ2) is 1.77. The predicted molar refractivity (Wildman–Crippen MR) is 30.9 cm³/mol. The number of hydrogen-bond donors (Lipinski definition) is 3. The Kier molecular flexibility index (Phi) is 1.11. The quantitative estimate of drug-likeness (QED) is 0.419. The zero-order valence-electron chi connectivity index (χ0n) is 4.46. The normalized spacial score (nSPS) is 9.33. The molecular formula is C4H5N3O2. The smallest absolute Gasteiger partial charge is 0.268 e. The summed E-state index contributed by atoms with van der Waals surface area (Å²) in [5.74, 6) is -0.367. The Morgan fingerprint density at radius 1 is 1.78 bits per heavy atom. The molecule has 0 saturated heterocycles. The van der Waals surface area contributed by atoms with E-state index in [2.05, 4.69) is 5.10 Å². The first-order chi connectivity index (χ1) is 4.20. The lowest BCUT2D eigenvalue weighted by Crippen LogP contribution is -2.07. The highest BCUT2D eigenvalue weighted by atomic mass is 16.3. The van der Waals surface area contributed by atoms with Gasteiger partial charge in [-0.1, -0.05) is 0 Å². The number of rotatable bonds is 0. The van der Waals surface area contributed by atoms with Gasteiger partial charge in [0.05, 0.1) is 6.07 Å². The molecule has 0 aliphatic rings. The summed E-state index contributed by atoms with van der Waals surface area (Å²) in [5, 5.41) is 14.0. The fourth-order valence-electron chi connectivity index (χ4n) is 0.403. The minimum absolute atomic E-state index is 0.0744. The van der Waals surface area contributed by atoms with Crippen LogP contribution in [0.15, 0.2) is 10.9 Å². The highest BCUT2D eigenvalue weighted by Gasteiger charge is 1.94. The fraction of sp³-hybridized carbons (Fsp3) is 0. The molecule has 5 nitrogen and oxygen atoms in total. The van der Waals surface area contributed by atoms with E-state index in [0.717, 1.165) is 6.07 Å². The molecule has 0 aliphatic carbocycles. The van der Waals surface area contributed by atoms with Crippen molar-refractivity contribution in [1.82, 2.24) is 10.2 Å². The molecule has 0 fully saturated rings. The molecule has 1 aromatic rings. The highest BCUT2D eigenvalue weighted by molar-refractivity contribution is 5.41. The molecule has 0 aliphatic heterocycles. The van der Waals surface area contributed by atoms with Gasteiger partial charge in [0, 0.05) is 0 Å². The number of aromatic amines is 1. The number of H-pyrrole nitrogens is 1. The number of nitrogens with zero attached hydrogens (tertiary/aromatic N) is 1. The molecule has 0 spiro atoms. The average molecular weight is 127 g/mol. The van der Waals surface area contributed by atoms with Crippen molar-refractivity contribution in [3.05, 3.63) is 16.4 Å². The van der Waals surface area contributed by atoms with Crippen LogP contribution in [-0.4, -0.2) is 15.3 Å². The van der Waals surface area contributed by atoms with Crippen LogP contribution in [0.25, 0.3) is 0 Å². The first-order valence-corrected chi connectivity index (χ1v) is 2.24. The Bertz CT molecular complexity index is 267. The third kappa shape index (κ3) is 0.987. The van der Waals surface area contributed by atoms with Crippen molar-refractivity contribution in [2.45, 2.75) is 0 Å². The van der Waals surface area contributed by atoms with E-state index < -0.39 is 5.56 Å². The maximum atomic E-state index is 10.3. The molecule has 4 N–H and O–H groups in total. The highest BCUT2D eigenvalue weighted by Crippen LogP contribution is 2.09. The van der Waals surface area contributed by atoms with Crippen LogP contribution in [-0.2, 0) is 0 Å². The predicted octanol–water partition coefficient (Wildman–Crippen LogP) is -0.942. The number of aromatic hydroxyl groups is 1. The second-order valence-corrected chi connectivity index (χ2v) is 1.50. The Balaban J connectivity index is 3.34. The van der Waals surface area contributed by atoms with E-state index in [4.69, 9.17) is 10.8 Å². The summed E-state index contributed by atoms with van der Waals surface area (Å²) >= 11 is 0. The van der Waals surface area contributed by atoms with Gasteiger partial charge in [-0.3, -0.25) is 4.79 Å². The molecule has 0 saturated carbocycles. The van der Waals surface area contributed by atoms with Gasteiger partial charge in [0.15, 0.2) is 11.6 Å². The molecule has 0 bridgehead atoms. The topological polar surface area (TPSA) is 92.0 Å². The molecule has 0 amide bonds. The van der Waals surface area contributed by atoms with E-state index in [-0.39, 0.29) is 11.6 Å². The van der Waals surface area contributed by atoms with Crippen molar-refractivity contribution in [3.63, 3.8) is 0 Å². The molecular weight excluding hydrogens is 122 g/mol. The van der Waals surface area contributed by atoms with Crippen molar-refractivity contribution in [2.24, 2.45) is 0 Å². The van der Waals surface area contributed by atoms with Crippen LogP contribution in [0.2, 0.25) is 0 Å². The third-order valence-electron chi connectivity index (χ3n) is 0.817. The summed E-state index contributed by atoms with van der Waals surface area (Å²) < 4.78 is 0. The van der Waals surface area contributed by atoms with E-state index in [9.17, 15) is 4.79 Å². The first-order valence-electron chi connectivity index (χ1n) is 2.24. The summed E-state index contributed by atoms with van der Waals surface area (Å²) in [6.45, 7) is 0. The van der Waals surface area contributed by atoms with Gasteiger partial charge in [0.2, 0.25) is 0 Å². The number of nitrogens with two attached hydrogens (primary N) is 1. The molecule has 1 rings (SSSR count). The van der Waals surface area contributed by atoms with Gasteiger partial charge in [-0.15, -0.1) is 0 Å². The lowest BCUT2D eigenvalue weighted by atomic mass is 10.5. The van der Waals surface area contributed by atoms with E-state index in [1.54, 1.807) is 0 Å². The molecule has 48 valence electrons. The molecule has 0 aromatic carbocycles. The summed E-state index contributed by atoms with van der Waals surface area (Å²) in [6.07, 6.45) is 0. The minimum Gasteiger partial charge on any atom is -0.504 e. The molecule has 0 radical (unpaired) electrons. The van der Waals surface area contributed by atoms with Crippen LogP contribution in [0.5, 0.6) is 5.75 Å². The number of aromatic nitrogens is 2. The average Bonchev–Trinajstić information content (AvgIpc) is 1.80. The lowest BCUT2D eigenvalue weighted by Gasteiger charge is -1.91. The van der Waals surface area contributed by atoms with Gasteiger partial charge in [-0.25, -0.2) is 5.10 Å². The maximum Gasteiger partial charge on any atom is 0.268 e. The van der Waals surface area contributed by atoms with Crippen LogP contribution in [0.3, 0.4) is 0 Å².